The van der Waals surface area contributed by atoms with Crippen LogP contribution in [-0.4, -0.2) is 23.5 Å². The molecule has 0 aliphatic rings. The summed E-state index contributed by atoms with van der Waals surface area (Å²) in [7, 11) is 0. The first-order valence-electron chi connectivity index (χ1n) is 18.2. The van der Waals surface area contributed by atoms with Gasteiger partial charge in [0.05, 0.1) is 16.7 Å². The minimum atomic E-state index is -0.0149. The molecule has 11 rings (SSSR count). The Morgan fingerprint density at radius 1 is 0.582 bits per heavy atom. The SMILES string of the molecule is CC(C)(C)c1ccnc(-n2c3[c-]c(Oc4[c-]c5c(cc4)c4ccc6c(c7ccccc7n6-c6ccccc6)c4n4ccnc54)ccc3c3ccccc32)c1.[Pd+2]. The molecule has 0 saturated carbocycles. The Hall–Kier alpha value is -6.26. The second kappa shape index (κ2) is 12.4. The molecule has 0 spiro atoms. The first-order chi connectivity index (χ1) is 26.4. The number of aromatic nitrogens is 5. The number of para-hydroxylation sites is 3. The molecular formula is C48H33N5OPd. The maximum atomic E-state index is 6.59. The van der Waals surface area contributed by atoms with Gasteiger partial charge in [-0.15, -0.1) is 29.7 Å². The molecule has 0 bridgehead atoms. The van der Waals surface area contributed by atoms with Gasteiger partial charge < -0.3 is 18.3 Å². The summed E-state index contributed by atoms with van der Waals surface area (Å²) < 4.78 is 13.3. The second-order valence-corrected chi connectivity index (χ2v) is 15.0. The van der Waals surface area contributed by atoms with E-state index in [1.807, 2.05) is 24.5 Å². The van der Waals surface area contributed by atoms with Crippen molar-refractivity contribution in [2.75, 3.05) is 0 Å². The van der Waals surface area contributed by atoms with Crippen LogP contribution in [0.5, 0.6) is 11.5 Å². The van der Waals surface area contributed by atoms with Gasteiger partial charge in [0.1, 0.15) is 5.82 Å². The third-order valence-electron chi connectivity index (χ3n) is 10.8. The Balaban J connectivity index is 0.00000372. The molecular weight excluding hydrogens is 769 g/mol. The van der Waals surface area contributed by atoms with Crippen molar-refractivity contribution in [3.63, 3.8) is 0 Å². The summed E-state index contributed by atoms with van der Waals surface area (Å²) in [5, 5.41) is 7.72. The van der Waals surface area contributed by atoms with Crippen molar-refractivity contribution in [2.24, 2.45) is 0 Å². The van der Waals surface area contributed by atoms with E-state index in [2.05, 4.69) is 168 Å². The Labute approximate surface area is 330 Å². The standard InChI is InChI=1S/C48H33N5O.Pd/c1-48(2,3)30-23-24-49-44(27-30)53-40-15-9-7-13-35(40)36-20-18-33(29-43(36)53)54-32-17-19-34-37-21-22-42-45(46(37)51-26-25-50-47(51)39(34)28-32)38-14-8-10-16-41(38)52(42)31-11-5-4-6-12-31;/h4-27H,1-3H3;/q-2;+2. The van der Waals surface area contributed by atoms with Gasteiger partial charge in [0.15, 0.2) is 0 Å². The molecule has 6 aromatic carbocycles. The van der Waals surface area contributed by atoms with E-state index in [-0.39, 0.29) is 25.8 Å². The maximum absolute atomic E-state index is 6.59. The largest absolute Gasteiger partial charge is 2.00 e. The number of nitrogens with zero attached hydrogens (tertiary/aromatic N) is 5. The van der Waals surface area contributed by atoms with Gasteiger partial charge in [-0.3, -0.25) is 4.98 Å². The van der Waals surface area contributed by atoms with Crippen LogP contribution >= 0.6 is 0 Å². The molecule has 5 heterocycles. The fourth-order valence-corrected chi connectivity index (χ4v) is 8.27. The normalized spacial score (nSPS) is 12.1. The van der Waals surface area contributed by atoms with Gasteiger partial charge in [-0.25, -0.2) is 4.98 Å². The van der Waals surface area contributed by atoms with Gasteiger partial charge in [-0.1, -0.05) is 104 Å². The zero-order chi connectivity index (χ0) is 36.1. The molecule has 11 aromatic rings. The van der Waals surface area contributed by atoms with Crippen LogP contribution in [0.15, 0.2) is 146 Å². The minimum Gasteiger partial charge on any atom is -0.503 e. The summed E-state index contributed by atoms with van der Waals surface area (Å²) in [6.07, 6.45) is 5.82. The molecule has 0 saturated heterocycles. The zero-order valence-electron chi connectivity index (χ0n) is 30.3. The number of imidazole rings is 1. The van der Waals surface area contributed by atoms with E-state index in [1.54, 1.807) is 0 Å². The monoisotopic (exact) mass is 801 g/mol. The first kappa shape index (κ1) is 33.3. The number of hydrogen-bond acceptors (Lipinski definition) is 3. The Bertz CT molecular complexity index is 3290. The molecule has 0 amide bonds. The average Bonchev–Trinajstić information content (AvgIpc) is 3.91. The fraction of sp³-hybridized carbons (Fsp3) is 0.0833. The number of ether oxygens (including phenoxy) is 1. The van der Waals surface area contributed by atoms with Crippen molar-refractivity contribution < 1.29 is 25.2 Å². The number of hydrogen-bond donors (Lipinski definition) is 0. The van der Waals surface area contributed by atoms with E-state index in [0.29, 0.717) is 11.5 Å². The predicted molar refractivity (Wildman–Crippen MR) is 220 cm³/mol. The molecule has 0 aliphatic heterocycles. The van der Waals surface area contributed by atoms with Gasteiger partial charge in [-0.05, 0) is 64.2 Å². The summed E-state index contributed by atoms with van der Waals surface area (Å²) in [4.78, 5) is 9.71. The van der Waals surface area contributed by atoms with E-state index in [0.717, 1.165) is 66.2 Å². The van der Waals surface area contributed by atoms with Crippen LogP contribution < -0.4 is 4.74 Å². The van der Waals surface area contributed by atoms with Crippen molar-refractivity contribution in [1.82, 2.24) is 23.5 Å². The fourth-order valence-electron chi connectivity index (χ4n) is 8.27. The molecule has 6 nitrogen and oxygen atoms in total. The Morgan fingerprint density at radius 2 is 1.27 bits per heavy atom. The summed E-state index contributed by atoms with van der Waals surface area (Å²) in [5.41, 5.74) is 8.59. The van der Waals surface area contributed by atoms with E-state index in [9.17, 15) is 0 Å². The zero-order valence-corrected chi connectivity index (χ0v) is 31.9. The smallest absolute Gasteiger partial charge is 0.503 e. The van der Waals surface area contributed by atoms with E-state index < -0.39 is 0 Å². The van der Waals surface area contributed by atoms with Gasteiger partial charge >= 0.3 is 20.4 Å². The first-order valence-corrected chi connectivity index (χ1v) is 18.2. The minimum absolute atomic E-state index is 0. The van der Waals surface area contributed by atoms with Crippen molar-refractivity contribution in [1.29, 1.82) is 0 Å². The topological polar surface area (TPSA) is 49.3 Å². The van der Waals surface area contributed by atoms with Crippen molar-refractivity contribution >= 4 is 70.9 Å². The van der Waals surface area contributed by atoms with Gasteiger partial charge in [0, 0.05) is 57.6 Å². The molecule has 0 unspecified atom stereocenters. The van der Waals surface area contributed by atoms with Gasteiger partial charge in [-0.2, -0.15) is 6.07 Å². The molecule has 0 fully saturated rings. The quantitative estimate of drug-likeness (QED) is 0.101. The van der Waals surface area contributed by atoms with Gasteiger partial charge in [0.2, 0.25) is 0 Å². The van der Waals surface area contributed by atoms with E-state index >= 15 is 0 Å². The van der Waals surface area contributed by atoms with Crippen LogP contribution in [0.25, 0.3) is 82.4 Å². The summed E-state index contributed by atoms with van der Waals surface area (Å²) >= 11 is 0. The number of pyridine rings is 2. The van der Waals surface area contributed by atoms with Crippen LogP contribution in [-0.2, 0) is 25.8 Å². The Morgan fingerprint density at radius 3 is 2.07 bits per heavy atom. The van der Waals surface area contributed by atoms with Gasteiger partial charge in [0.25, 0.3) is 0 Å². The third-order valence-corrected chi connectivity index (χ3v) is 10.8. The van der Waals surface area contributed by atoms with Crippen LogP contribution in [0.4, 0.5) is 0 Å². The second-order valence-electron chi connectivity index (χ2n) is 15.0. The molecule has 7 heteroatoms. The number of fused-ring (bicyclic) bond motifs is 13. The van der Waals surface area contributed by atoms with Crippen molar-refractivity contribution in [2.45, 2.75) is 26.2 Å². The maximum Gasteiger partial charge on any atom is 2.00 e. The molecule has 55 heavy (non-hydrogen) atoms. The van der Waals surface area contributed by atoms with Crippen molar-refractivity contribution in [3.8, 4) is 23.0 Å². The summed E-state index contributed by atoms with van der Waals surface area (Å²) in [5.74, 6) is 2.05. The van der Waals surface area contributed by atoms with Crippen LogP contribution in [0, 0.1) is 12.1 Å². The third kappa shape index (κ3) is 5.04. The van der Waals surface area contributed by atoms with E-state index in [1.165, 1.54) is 21.9 Å². The summed E-state index contributed by atoms with van der Waals surface area (Å²) in [6.45, 7) is 6.67. The van der Waals surface area contributed by atoms with Crippen LogP contribution in [0.1, 0.15) is 26.3 Å². The average molecular weight is 802 g/mol. The molecule has 0 N–H and O–H groups in total. The van der Waals surface area contributed by atoms with Crippen molar-refractivity contribution in [3.05, 3.63) is 164 Å². The van der Waals surface area contributed by atoms with Crippen LogP contribution in [0.2, 0.25) is 0 Å². The van der Waals surface area contributed by atoms with Crippen LogP contribution in [0.3, 0.4) is 0 Å². The predicted octanol–water partition coefficient (Wildman–Crippen LogP) is 11.9. The summed E-state index contributed by atoms with van der Waals surface area (Å²) in [6, 6.07) is 51.9. The molecule has 5 aromatic heterocycles. The molecule has 266 valence electrons. The molecule has 0 atom stereocenters. The number of rotatable bonds is 4. The number of benzene rings is 6. The van der Waals surface area contributed by atoms with E-state index in [4.69, 9.17) is 14.7 Å². The molecule has 0 aliphatic carbocycles. The Kier molecular flexibility index (Phi) is 7.51. The molecule has 0 radical (unpaired) electrons.